The molecule has 3 rings (SSSR count). The SMILES string of the molecule is CCOc1ccc([C@@H](C2CC2)N2CCNCC2)cc1. The van der Waals surface area contributed by atoms with Crippen molar-refractivity contribution in [2.24, 2.45) is 5.92 Å². The van der Waals surface area contributed by atoms with Gasteiger partial charge in [0.05, 0.1) is 6.61 Å². The number of nitrogens with one attached hydrogen (secondary N) is 1. The molecule has 3 nitrogen and oxygen atoms in total. The molecule has 1 aromatic carbocycles. The van der Waals surface area contributed by atoms with Crippen molar-refractivity contribution < 1.29 is 4.74 Å². The van der Waals surface area contributed by atoms with Crippen LogP contribution < -0.4 is 10.1 Å². The lowest BCUT2D eigenvalue weighted by molar-refractivity contribution is 0.156. The van der Waals surface area contributed by atoms with Gasteiger partial charge in [0.2, 0.25) is 0 Å². The molecule has 0 unspecified atom stereocenters. The van der Waals surface area contributed by atoms with Gasteiger partial charge in [-0.15, -0.1) is 0 Å². The second-order valence-corrected chi connectivity index (χ2v) is 5.57. The summed E-state index contributed by atoms with van der Waals surface area (Å²) in [6.45, 7) is 7.37. The summed E-state index contributed by atoms with van der Waals surface area (Å²) < 4.78 is 5.54. The third-order valence-electron chi connectivity index (χ3n) is 4.15. The zero-order chi connectivity index (χ0) is 13.1. The number of hydrogen-bond donors (Lipinski definition) is 1. The number of nitrogens with zero attached hydrogens (tertiary/aromatic N) is 1. The molecule has 1 atom stereocenters. The Labute approximate surface area is 115 Å². The second kappa shape index (κ2) is 5.93. The van der Waals surface area contributed by atoms with Crippen molar-refractivity contribution in [1.29, 1.82) is 0 Å². The largest absolute Gasteiger partial charge is 0.494 e. The van der Waals surface area contributed by atoms with Crippen molar-refractivity contribution in [1.82, 2.24) is 10.2 Å². The molecule has 104 valence electrons. The molecule has 1 saturated carbocycles. The maximum absolute atomic E-state index is 5.54. The van der Waals surface area contributed by atoms with Gasteiger partial charge in [-0.3, -0.25) is 4.90 Å². The minimum Gasteiger partial charge on any atom is -0.494 e. The molecular formula is C16H24N2O. The van der Waals surface area contributed by atoms with Crippen LogP contribution in [0, 0.1) is 5.92 Å². The van der Waals surface area contributed by atoms with Crippen LogP contribution in [-0.4, -0.2) is 37.7 Å². The Morgan fingerprint density at radius 3 is 2.47 bits per heavy atom. The van der Waals surface area contributed by atoms with Crippen LogP contribution >= 0.6 is 0 Å². The van der Waals surface area contributed by atoms with Gasteiger partial charge in [-0.1, -0.05) is 12.1 Å². The van der Waals surface area contributed by atoms with Crippen molar-refractivity contribution in [3.05, 3.63) is 29.8 Å². The summed E-state index contributed by atoms with van der Waals surface area (Å²) >= 11 is 0. The van der Waals surface area contributed by atoms with E-state index >= 15 is 0 Å². The molecular weight excluding hydrogens is 236 g/mol. The van der Waals surface area contributed by atoms with E-state index in [1.165, 1.54) is 31.5 Å². The summed E-state index contributed by atoms with van der Waals surface area (Å²) in [6, 6.07) is 9.39. The maximum atomic E-state index is 5.54. The maximum Gasteiger partial charge on any atom is 0.119 e. The zero-order valence-corrected chi connectivity index (χ0v) is 11.8. The summed E-state index contributed by atoms with van der Waals surface area (Å²) in [5, 5.41) is 3.44. The van der Waals surface area contributed by atoms with Gasteiger partial charge in [-0.05, 0) is 43.4 Å². The summed E-state index contributed by atoms with van der Waals surface area (Å²) in [4.78, 5) is 2.66. The fourth-order valence-corrected chi connectivity index (χ4v) is 3.08. The van der Waals surface area contributed by atoms with E-state index in [-0.39, 0.29) is 0 Å². The molecule has 0 radical (unpaired) electrons. The number of rotatable bonds is 5. The van der Waals surface area contributed by atoms with Crippen LogP contribution in [0.25, 0.3) is 0 Å². The normalized spacial score (nSPS) is 22.2. The number of hydrogen-bond acceptors (Lipinski definition) is 3. The van der Waals surface area contributed by atoms with Gasteiger partial charge >= 0.3 is 0 Å². The van der Waals surface area contributed by atoms with Crippen molar-refractivity contribution in [2.45, 2.75) is 25.8 Å². The second-order valence-electron chi connectivity index (χ2n) is 5.57. The third-order valence-corrected chi connectivity index (χ3v) is 4.15. The van der Waals surface area contributed by atoms with Crippen molar-refractivity contribution in [2.75, 3.05) is 32.8 Å². The summed E-state index contributed by atoms with van der Waals surface area (Å²) in [5.74, 6) is 1.86. The lowest BCUT2D eigenvalue weighted by atomic mass is 9.99. The topological polar surface area (TPSA) is 24.5 Å². The predicted molar refractivity (Wildman–Crippen MR) is 77.5 cm³/mol. The predicted octanol–water partition coefficient (Wildman–Crippen LogP) is 2.44. The van der Waals surface area contributed by atoms with E-state index < -0.39 is 0 Å². The molecule has 1 aliphatic heterocycles. The fraction of sp³-hybridized carbons (Fsp3) is 0.625. The van der Waals surface area contributed by atoms with E-state index in [0.717, 1.165) is 31.4 Å². The van der Waals surface area contributed by atoms with Gasteiger partial charge < -0.3 is 10.1 Å². The standard InChI is InChI=1S/C16H24N2O/c1-2-19-15-7-5-14(6-8-15)16(13-3-4-13)18-11-9-17-10-12-18/h5-8,13,16-17H,2-4,9-12H2,1H3/t16-/m1/s1. The van der Waals surface area contributed by atoms with Gasteiger partial charge in [0.25, 0.3) is 0 Å². The molecule has 0 aromatic heterocycles. The smallest absolute Gasteiger partial charge is 0.119 e. The molecule has 1 heterocycles. The molecule has 0 spiro atoms. The number of piperazine rings is 1. The number of ether oxygens (including phenoxy) is 1. The molecule has 1 saturated heterocycles. The van der Waals surface area contributed by atoms with Crippen LogP contribution in [-0.2, 0) is 0 Å². The Kier molecular flexibility index (Phi) is 4.04. The van der Waals surface area contributed by atoms with Gasteiger partial charge in [-0.25, -0.2) is 0 Å². The molecule has 19 heavy (non-hydrogen) atoms. The summed E-state index contributed by atoms with van der Waals surface area (Å²) in [6.07, 6.45) is 2.78. The number of benzene rings is 1. The summed E-state index contributed by atoms with van der Waals surface area (Å²) in [5.41, 5.74) is 1.47. The van der Waals surface area contributed by atoms with Crippen LogP contribution in [0.15, 0.2) is 24.3 Å². The first-order valence-corrected chi connectivity index (χ1v) is 7.56. The average Bonchev–Trinajstić information content (AvgIpc) is 3.27. The van der Waals surface area contributed by atoms with Gasteiger partial charge in [0.1, 0.15) is 5.75 Å². The molecule has 0 amide bonds. The molecule has 1 aliphatic carbocycles. The quantitative estimate of drug-likeness (QED) is 0.880. The van der Waals surface area contributed by atoms with E-state index in [4.69, 9.17) is 4.74 Å². The van der Waals surface area contributed by atoms with Gasteiger partial charge in [0, 0.05) is 32.2 Å². The highest BCUT2D eigenvalue weighted by molar-refractivity contribution is 5.30. The molecule has 1 aromatic rings. The lowest BCUT2D eigenvalue weighted by Gasteiger charge is -2.35. The van der Waals surface area contributed by atoms with E-state index in [1.807, 2.05) is 6.92 Å². The Hall–Kier alpha value is -1.06. The van der Waals surface area contributed by atoms with Crippen LogP contribution in [0.2, 0.25) is 0 Å². The first kappa shape index (κ1) is 12.9. The van der Waals surface area contributed by atoms with Crippen LogP contribution in [0.5, 0.6) is 5.75 Å². The van der Waals surface area contributed by atoms with E-state index in [2.05, 4.69) is 34.5 Å². The Morgan fingerprint density at radius 2 is 1.89 bits per heavy atom. The van der Waals surface area contributed by atoms with Crippen molar-refractivity contribution in [3.8, 4) is 5.75 Å². The zero-order valence-electron chi connectivity index (χ0n) is 11.8. The molecule has 3 heteroatoms. The average molecular weight is 260 g/mol. The van der Waals surface area contributed by atoms with Gasteiger partial charge in [0.15, 0.2) is 0 Å². The highest BCUT2D eigenvalue weighted by Crippen LogP contribution is 2.44. The minimum absolute atomic E-state index is 0.623. The fourth-order valence-electron chi connectivity index (χ4n) is 3.08. The van der Waals surface area contributed by atoms with E-state index in [1.54, 1.807) is 0 Å². The van der Waals surface area contributed by atoms with Crippen molar-refractivity contribution >= 4 is 0 Å². The highest BCUT2D eigenvalue weighted by Gasteiger charge is 2.36. The van der Waals surface area contributed by atoms with Gasteiger partial charge in [-0.2, -0.15) is 0 Å². The Balaban J connectivity index is 1.75. The monoisotopic (exact) mass is 260 g/mol. The highest BCUT2D eigenvalue weighted by atomic mass is 16.5. The first-order chi connectivity index (χ1) is 9.38. The van der Waals surface area contributed by atoms with E-state index in [9.17, 15) is 0 Å². The van der Waals surface area contributed by atoms with E-state index in [0.29, 0.717) is 6.04 Å². The Morgan fingerprint density at radius 1 is 1.21 bits per heavy atom. The molecule has 2 fully saturated rings. The first-order valence-electron chi connectivity index (χ1n) is 7.56. The molecule has 2 aliphatic rings. The molecule has 0 bridgehead atoms. The third kappa shape index (κ3) is 3.10. The summed E-state index contributed by atoms with van der Waals surface area (Å²) in [7, 11) is 0. The molecule has 1 N–H and O–H groups in total. The van der Waals surface area contributed by atoms with Crippen LogP contribution in [0.4, 0.5) is 0 Å². The van der Waals surface area contributed by atoms with Crippen molar-refractivity contribution in [3.63, 3.8) is 0 Å². The van der Waals surface area contributed by atoms with Crippen LogP contribution in [0.1, 0.15) is 31.4 Å². The Bertz CT molecular complexity index is 394. The van der Waals surface area contributed by atoms with Crippen LogP contribution in [0.3, 0.4) is 0 Å². The minimum atomic E-state index is 0.623. The lowest BCUT2D eigenvalue weighted by Crippen LogP contribution is -2.45.